The average Bonchev–Trinajstić information content (AvgIpc) is 3.05. The Kier molecular flexibility index (Phi) is 3.76. The molecule has 2 aromatic heterocycles. The van der Waals surface area contributed by atoms with Crippen molar-refractivity contribution in [3.63, 3.8) is 0 Å². The van der Waals surface area contributed by atoms with Gasteiger partial charge in [0.25, 0.3) is 0 Å². The number of nitrogens with zero attached hydrogens (tertiary/aromatic N) is 3. The van der Waals surface area contributed by atoms with E-state index in [4.69, 9.17) is 4.74 Å². The summed E-state index contributed by atoms with van der Waals surface area (Å²) in [6.45, 7) is 3.66. The number of nitrogens with one attached hydrogen (secondary N) is 1. The summed E-state index contributed by atoms with van der Waals surface area (Å²) in [5.74, 6) is -0.510. The number of aryl methyl sites for hydroxylation is 1. The molecule has 8 heteroatoms. The van der Waals surface area contributed by atoms with Crippen LogP contribution in [0.2, 0.25) is 0 Å². The number of thiazole rings is 1. The second kappa shape index (κ2) is 5.72. The van der Waals surface area contributed by atoms with Crippen LogP contribution in [-0.2, 0) is 4.74 Å². The van der Waals surface area contributed by atoms with Gasteiger partial charge in [0, 0.05) is 5.69 Å². The normalized spacial score (nSPS) is 12.3. The number of carbonyl (C=O) groups is 1. The molecule has 0 radical (unpaired) electrons. The molecule has 3 rings (SSSR count). The van der Waals surface area contributed by atoms with Gasteiger partial charge in [0.1, 0.15) is 18.2 Å². The minimum absolute atomic E-state index is 0.0848. The zero-order valence-corrected chi connectivity index (χ0v) is 12.7. The number of halogens is 1. The van der Waals surface area contributed by atoms with Crippen LogP contribution >= 0.6 is 11.3 Å². The zero-order chi connectivity index (χ0) is 15.7. The fraction of sp³-hybridized carbons (Fsp3) is 0.214. The summed E-state index contributed by atoms with van der Waals surface area (Å²) in [6, 6.07) is 5.92. The Hall–Kier alpha value is -2.48. The smallest absolute Gasteiger partial charge is 0.412 e. The van der Waals surface area contributed by atoms with Crippen LogP contribution in [0.5, 0.6) is 0 Å². The van der Waals surface area contributed by atoms with E-state index in [0.717, 1.165) is 15.5 Å². The molecule has 0 spiro atoms. The molecule has 0 saturated heterocycles. The number of hydrogen-bond donors (Lipinski definition) is 1. The minimum Gasteiger partial charge on any atom is -0.440 e. The molecule has 0 aliphatic rings. The van der Waals surface area contributed by atoms with Crippen LogP contribution in [0.25, 0.3) is 4.96 Å². The van der Waals surface area contributed by atoms with Crippen molar-refractivity contribution < 1.29 is 13.9 Å². The molecule has 1 unspecified atom stereocenters. The Labute approximate surface area is 129 Å². The number of ether oxygens (including phenoxy) is 1. The summed E-state index contributed by atoms with van der Waals surface area (Å²) in [5, 5.41) is 10.2. The third-order valence-electron chi connectivity index (χ3n) is 3.20. The van der Waals surface area contributed by atoms with Crippen molar-refractivity contribution in [3.05, 3.63) is 47.0 Å². The minimum atomic E-state index is -0.707. The highest BCUT2D eigenvalue weighted by atomic mass is 32.1. The van der Waals surface area contributed by atoms with Crippen LogP contribution in [0.3, 0.4) is 0 Å². The zero-order valence-electron chi connectivity index (χ0n) is 11.9. The molecule has 22 heavy (non-hydrogen) atoms. The molecular formula is C14H13FN4O2S. The standard InChI is InChI=1S/C14H13FN4O2S/c1-8-12(22-13-18-16-7-19(8)13)9(2)21-14(20)17-11-6-4-3-5-10(11)15/h3-7,9H,1-2H3,(H,17,20). The van der Waals surface area contributed by atoms with E-state index in [2.05, 4.69) is 15.5 Å². The lowest BCUT2D eigenvalue weighted by Crippen LogP contribution is -2.16. The predicted octanol–water partition coefficient (Wildman–Crippen LogP) is 3.55. The van der Waals surface area contributed by atoms with Gasteiger partial charge in [-0.2, -0.15) is 0 Å². The maximum absolute atomic E-state index is 13.5. The Morgan fingerprint density at radius 2 is 2.23 bits per heavy atom. The maximum atomic E-state index is 13.5. The van der Waals surface area contributed by atoms with Gasteiger partial charge in [0.05, 0.1) is 10.6 Å². The molecule has 1 atom stereocenters. The third kappa shape index (κ3) is 2.64. The van der Waals surface area contributed by atoms with Crippen LogP contribution in [0.4, 0.5) is 14.9 Å². The molecule has 114 valence electrons. The van der Waals surface area contributed by atoms with E-state index in [1.54, 1.807) is 25.4 Å². The Balaban J connectivity index is 1.72. The monoisotopic (exact) mass is 320 g/mol. The van der Waals surface area contributed by atoms with Crippen molar-refractivity contribution >= 4 is 28.1 Å². The van der Waals surface area contributed by atoms with Gasteiger partial charge in [-0.3, -0.25) is 9.72 Å². The Morgan fingerprint density at radius 3 is 2.95 bits per heavy atom. The van der Waals surface area contributed by atoms with Gasteiger partial charge >= 0.3 is 6.09 Å². The molecule has 1 amide bonds. The van der Waals surface area contributed by atoms with E-state index < -0.39 is 18.0 Å². The molecule has 6 nitrogen and oxygen atoms in total. The van der Waals surface area contributed by atoms with Crippen LogP contribution in [0, 0.1) is 12.7 Å². The summed E-state index contributed by atoms with van der Waals surface area (Å²) in [4.78, 5) is 13.5. The molecule has 3 aromatic rings. The quantitative estimate of drug-likeness (QED) is 0.801. The topological polar surface area (TPSA) is 68.5 Å². The van der Waals surface area contributed by atoms with Crippen LogP contribution in [-0.4, -0.2) is 20.7 Å². The van der Waals surface area contributed by atoms with Gasteiger partial charge in [-0.25, -0.2) is 9.18 Å². The number of hydrogen-bond acceptors (Lipinski definition) is 5. The summed E-state index contributed by atoms with van der Waals surface area (Å²) >= 11 is 1.40. The second-order valence-corrected chi connectivity index (χ2v) is 5.70. The Morgan fingerprint density at radius 1 is 1.45 bits per heavy atom. The van der Waals surface area contributed by atoms with Crippen molar-refractivity contribution in [2.45, 2.75) is 20.0 Å². The lowest BCUT2D eigenvalue weighted by atomic mass is 10.3. The number of amides is 1. The highest BCUT2D eigenvalue weighted by molar-refractivity contribution is 7.17. The maximum Gasteiger partial charge on any atom is 0.412 e. The van der Waals surface area contributed by atoms with E-state index >= 15 is 0 Å². The fourth-order valence-electron chi connectivity index (χ4n) is 2.11. The van der Waals surface area contributed by atoms with E-state index in [9.17, 15) is 9.18 Å². The number of benzene rings is 1. The van der Waals surface area contributed by atoms with Crippen molar-refractivity contribution in [1.82, 2.24) is 14.6 Å². The number of carbonyl (C=O) groups excluding carboxylic acids is 1. The van der Waals surface area contributed by atoms with Gasteiger partial charge < -0.3 is 4.74 Å². The summed E-state index contributed by atoms with van der Waals surface area (Å²) < 4.78 is 20.6. The van der Waals surface area contributed by atoms with Gasteiger partial charge in [-0.1, -0.05) is 23.5 Å². The van der Waals surface area contributed by atoms with Crippen molar-refractivity contribution in [1.29, 1.82) is 0 Å². The van der Waals surface area contributed by atoms with Crippen molar-refractivity contribution in [2.75, 3.05) is 5.32 Å². The van der Waals surface area contributed by atoms with Gasteiger partial charge in [-0.15, -0.1) is 10.2 Å². The fourth-order valence-corrected chi connectivity index (χ4v) is 3.14. The molecule has 0 fully saturated rings. The first-order valence-corrected chi connectivity index (χ1v) is 7.39. The van der Waals surface area contributed by atoms with Crippen LogP contribution < -0.4 is 5.32 Å². The first-order chi connectivity index (χ1) is 10.6. The summed E-state index contributed by atoms with van der Waals surface area (Å²) in [5.41, 5.74) is 0.998. The molecule has 1 N–H and O–H groups in total. The number of fused-ring (bicyclic) bond motifs is 1. The van der Waals surface area contributed by atoms with Gasteiger partial charge in [0.15, 0.2) is 0 Å². The average molecular weight is 320 g/mol. The lowest BCUT2D eigenvalue weighted by Gasteiger charge is -2.13. The van der Waals surface area contributed by atoms with E-state index in [-0.39, 0.29) is 5.69 Å². The van der Waals surface area contributed by atoms with Gasteiger partial charge in [0.2, 0.25) is 4.96 Å². The number of anilines is 1. The summed E-state index contributed by atoms with van der Waals surface area (Å²) in [6.07, 6.45) is 0.427. The molecule has 2 heterocycles. The van der Waals surface area contributed by atoms with Crippen molar-refractivity contribution in [2.24, 2.45) is 0 Å². The largest absolute Gasteiger partial charge is 0.440 e. The predicted molar refractivity (Wildman–Crippen MR) is 80.5 cm³/mol. The highest BCUT2D eigenvalue weighted by Crippen LogP contribution is 2.29. The molecule has 0 aliphatic carbocycles. The highest BCUT2D eigenvalue weighted by Gasteiger charge is 2.19. The Bertz CT molecular complexity index is 829. The molecule has 0 saturated carbocycles. The first-order valence-electron chi connectivity index (χ1n) is 6.57. The lowest BCUT2D eigenvalue weighted by molar-refractivity contribution is 0.122. The summed E-state index contributed by atoms with van der Waals surface area (Å²) in [7, 11) is 0. The first kappa shape index (κ1) is 14.5. The second-order valence-electron chi connectivity index (χ2n) is 4.69. The van der Waals surface area contributed by atoms with E-state index in [1.165, 1.54) is 23.5 Å². The molecule has 0 aliphatic heterocycles. The van der Waals surface area contributed by atoms with Crippen LogP contribution in [0.15, 0.2) is 30.6 Å². The van der Waals surface area contributed by atoms with Gasteiger partial charge in [-0.05, 0) is 26.0 Å². The van der Waals surface area contributed by atoms with Crippen LogP contribution in [0.1, 0.15) is 23.6 Å². The third-order valence-corrected chi connectivity index (χ3v) is 4.51. The van der Waals surface area contributed by atoms with E-state index in [0.29, 0.717) is 0 Å². The number of rotatable bonds is 3. The number of aromatic nitrogens is 3. The van der Waals surface area contributed by atoms with Crippen molar-refractivity contribution in [3.8, 4) is 0 Å². The molecule has 1 aromatic carbocycles. The molecule has 0 bridgehead atoms. The molecular weight excluding hydrogens is 307 g/mol. The van der Waals surface area contributed by atoms with E-state index in [1.807, 2.05) is 11.3 Å². The SMILES string of the molecule is Cc1c(C(C)OC(=O)Nc2ccccc2F)sc2nncn12. The number of para-hydroxylation sites is 1.